The number of nitrogens with zero attached hydrogens (tertiary/aromatic N) is 4. The largest absolute Gasteiger partial charge is 0.442 e. The fraction of sp³-hybridized carbons (Fsp3) is 0.480. The van der Waals surface area contributed by atoms with Crippen molar-refractivity contribution >= 4 is 49.2 Å². The van der Waals surface area contributed by atoms with Crippen molar-refractivity contribution < 1.29 is 27.3 Å². The van der Waals surface area contributed by atoms with Gasteiger partial charge >= 0.3 is 6.09 Å². The maximum atomic E-state index is 14.8. The topological polar surface area (TPSA) is 92.2 Å². The van der Waals surface area contributed by atoms with Crippen LogP contribution in [0.2, 0.25) is 0 Å². The number of anilines is 2. The van der Waals surface area contributed by atoms with Crippen molar-refractivity contribution in [3.8, 4) is 0 Å². The molecule has 4 rings (SSSR count). The highest BCUT2D eigenvalue weighted by Gasteiger charge is 2.47. The molecule has 2 aliphatic rings. The predicted molar refractivity (Wildman–Crippen MR) is 141 cm³/mol. The van der Waals surface area contributed by atoms with E-state index in [2.05, 4.69) is 25.3 Å². The minimum atomic E-state index is -3.26. The van der Waals surface area contributed by atoms with Crippen molar-refractivity contribution in [3.63, 3.8) is 0 Å². The number of ether oxygens (including phenoxy) is 1. The van der Waals surface area contributed by atoms with Gasteiger partial charge in [-0.3, -0.25) is 9.69 Å². The molecule has 0 aliphatic carbocycles. The Morgan fingerprint density at radius 1 is 1.32 bits per heavy atom. The van der Waals surface area contributed by atoms with Gasteiger partial charge < -0.3 is 9.64 Å². The number of aromatic nitrogens is 1. The highest BCUT2D eigenvalue weighted by Crippen LogP contribution is 2.43. The van der Waals surface area contributed by atoms with E-state index in [-0.39, 0.29) is 23.4 Å². The van der Waals surface area contributed by atoms with Crippen LogP contribution < -0.4 is 9.80 Å². The zero-order chi connectivity index (χ0) is 27.3. The molecule has 0 spiro atoms. The summed E-state index contributed by atoms with van der Waals surface area (Å²) in [5, 5.41) is 0. The Hall–Kier alpha value is -2.60. The van der Waals surface area contributed by atoms with Crippen molar-refractivity contribution in [1.82, 2.24) is 4.98 Å². The number of hydrogen-bond donors (Lipinski definition) is 0. The summed E-state index contributed by atoms with van der Waals surface area (Å²) in [5.74, 6) is -3.09. The number of pyridine rings is 1. The SMILES string of the molecule is Cc1c(Br)cnc2c1C(=O)N(c1cccc(S(C)(=O)=NC(=O)OC(C)(C)C)c1)C1CC(F)(F)CCCN21. The molecular formula is C25H29BrF2N4O4S. The normalized spacial score (nSPS) is 20.9. The van der Waals surface area contributed by atoms with Crippen LogP contribution >= 0.6 is 15.9 Å². The second-order valence-corrected chi connectivity index (χ2v) is 13.4. The van der Waals surface area contributed by atoms with E-state index in [9.17, 15) is 22.6 Å². The number of fused-ring (bicyclic) bond motifs is 3. The highest BCUT2D eigenvalue weighted by atomic mass is 79.9. The molecule has 2 unspecified atom stereocenters. The molecule has 2 atom stereocenters. The Morgan fingerprint density at radius 2 is 2.03 bits per heavy atom. The second kappa shape index (κ2) is 9.61. The summed E-state index contributed by atoms with van der Waals surface area (Å²) in [6, 6.07) is 6.13. The molecule has 2 amide bonds. The molecule has 0 saturated carbocycles. The lowest BCUT2D eigenvalue weighted by atomic mass is 10.0. The molecule has 1 aromatic heterocycles. The summed E-state index contributed by atoms with van der Waals surface area (Å²) in [6.45, 7) is 7.07. The van der Waals surface area contributed by atoms with Gasteiger partial charge in [0.25, 0.3) is 11.8 Å². The first-order valence-electron chi connectivity index (χ1n) is 11.8. The summed E-state index contributed by atoms with van der Waals surface area (Å²) in [5.41, 5.74) is 0.413. The first-order chi connectivity index (χ1) is 17.1. The third-order valence-corrected chi connectivity index (χ3v) is 8.64. The van der Waals surface area contributed by atoms with Gasteiger partial charge in [0, 0.05) is 40.5 Å². The molecule has 0 N–H and O–H groups in total. The minimum Gasteiger partial charge on any atom is -0.442 e. The summed E-state index contributed by atoms with van der Waals surface area (Å²) in [4.78, 5) is 33.8. The van der Waals surface area contributed by atoms with Gasteiger partial charge in [-0.2, -0.15) is 0 Å². The van der Waals surface area contributed by atoms with Crippen LogP contribution in [0.1, 0.15) is 56.0 Å². The number of rotatable bonds is 2. The van der Waals surface area contributed by atoms with Crippen molar-refractivity contribution in [3.05, 3.63) is 46.1 Å². The van der Waals surface area contributed by atoms with Crippen molar-refractivity contribution in [2.75, 3.05) is 22.6 Å². The molecule has 2 aliphatic heterocycles. The summed E-state index contributed by atoms with van der Waals surface area (Å²) >= 11 is 3.41. The van der Waals surface area contributed by atoms with E-state index >= 15 is 0 Å². The lowest BCUT2D eigenvalue weighted by Crippen LogP contribution is -2.57. The van der Waals surface area contributed by atoms with Gasteiger partial charge in [0.1, 0.15) is 17.6 Å². The molecule has 3 heterocycles. The van der Waals surface area contributed by atoms with E-state index in [1.54, 1.807) is 50.9 Å². The summed E-state index contributed by atoms with van der Waals surface area (Å²) in [7, 11) is -3.26. The standard InChI is InChI=1S/C25H29BrF2N4O4S/c1-15-18(26)14-29-21-20(15)22(33)32(19-13-25(27,28)10-7-11-31(19)21)16-8-6-9-17(12-16)37(5,35)30-23(34)36-24(2,3)4/h6,8-9,12,14,19H,7,10-11,13H2,1-5H3. The Bertz CT molecular complexity index is 1390. The highest BCUT2D eigenvalue weighted by molar-refractivity contribution is 9.10. The fourth-order valence-corrected chi connectivity index (χ4v) is 5.94. The molecule has 1 saturated heterocycles. The monoisotopic (exact) mass is 598 g/mol. The number of hydrogen-bond acceptors (Lipinski definition) is 6. The lowest BCUT2D eigenvalue weighted by molar-refractivity contribution is -0.0175. The molecule has 0 radical (unpaired) electrons. The second-order valence-electron chi connectivity index (χ2n) is 10.3. The average Bonchev–Trinajstić information content (AvgIpc) is 2.92. The Morgan fingerprint density at radius 3 is 2.70 bits per heavy atom. The smallest absolute Gasteiger partial charge is 0.442 e. The predicted octanol–water partition coefficient (Wildman–Crippen LogP) is 6.16. The Labute approximate surface area is 223 Å². The summed E-state index contributed by atoms with van der Waals surface area (Å²) in [6.07, 6.45) is 0.237. The lowest BCUT2D eigenvalue weighted by Gasteiger charge is -2.45. The van der Waals surface area contributed by atoms with Crippen molar-refractivity contribution in [2.24, 2.45) is 4.36 Å². The fourth-order valence-electron chi connectivity index (χ4n) is 4.54. The Kier molecular flexibility index (Phi) is 7.13. The molecule has 8 nitrogen and oxygen atoms in total. The van der Waals surface area contributed by atoms with Crippen LogP contribution in [0.3, 0.4) is 0 Å². The molecule has 12 heteroatoms. The first kappa shape index (κ1) is 27.4. The molecular weight excluding hydrogens is 570 g/mol. The van der Waals surface area contributed by atoms with Crippen molar-refractivity contribution in [2.45, 2.75) is 69.5 Å². The van der Waals surface area contributed by atoms with Crippen LogP contribution in [0.5, 0.6) is 0 Å². The van der Waals surface area contributed by atoms with E-state index in [4.69, 9.17) is 4.74 Å². The van der Waals surface area contributed by atoms with E-state index in [0.29, 0.717) is 28.0 Å². The Balaban J connectivity index is 1.84. The van der Waals surface area contributed by atoms with E-state index in [0.717, 1.165) is 0 Å². The average molecular weight is 599 g/mol. The van der Waals surface area contributed by atoms with Crippen LogP contribution in [0, 0.1) is 6.92 Å². The quantitative estimate of drug-likeness (QED) is 0.411. The van der Waals surface area contributed by atoms with Crippen LogP contribution in [-0.2, 0) is 14.5 Å². The van der Waals surface area contributed by atoms with Gasteiger partial charge in [0.15, 0.2) is 0 Å². The van der Waals surface area contributed by atoms with Gasteiger partial charge in [-0.1, -0.05) is 6.07 Å². The van der Waals surface area contributed by atoms with Gasteiger partial charge in [0.2, 0.25) is 0 Å². The summed E-state index contributed by atoms with van der Waals surface area (Å²) < 4.78 is 52.6. The van der Waals surface area contributed by atoms with Gasteiger partial charge in [-0.25, -0.2) is 22.8 Å². The molecule has 200 valence electrons. The van der Waals surface area contributed by atoms with E-state index < -0.39 is 45.8 Å². The number of halogens is 3. The number of benzene rings is 1. The number of amides is 2. The maximum absolute atomic E-state index is 14.8. The number of carbonyl (C=O) groups is 2. The van der Waals surface area contributed by atoms with Crippen molar-refractivity contribution in [1.29, 1.82) is 0 Å². The van der Waals surface area contributed by atoms with Crippen LogP contribution in [0.4, 0.5) is 25.1 Å². The van der Waals surface area contributed by atoms with Crippen LogP contribution in [-0.4, -0.2) is 51.7 Å². The molecule has 1 fully saturated rings. The number of carbonyl (C=O) groups excluding carboxylic acids is 2. The third-order valence-electron chi connectivity index (χ3n) is 6.22. The van der Waals surface area contributed by atoms with Gasteiger partial charge in [-0.15, -0.1) is 4.36 Å². The zero-order valence-corrected chi connectivity index (χ0v) is 23.7. The molecule has 2 aromatic rings. The minimum absolute atomic E-state index is 0.172. The van der Waals surface area contributed by atoms with Crippen LogP contribution in [0.25, 0.3) is 0 Å². The van der Waals surface area contributed by atoms with E-state index in [1.165, 1.54) is 23.3 Å². The molecule has 1 aromatic carbocycles. The maximum Gasteiger partial charge on any atom is 0.442 e. The zero-order valence-electron chi connectivity index (χ0n) is 21.3. The van der Waals surface area contributed by atoms with Gasteiger partial charge in [0.05, 0.1) is 21.7 Å². The molecule has 37 heavy (non-hydrogen) atoms. The van der Waals surface area contributed by atoms with E-state index in [1.807, 2.05) is 0 Å². The first-order valence-corrected chi connectivity index (χ1v) is 14.5. The number of alkyl halides is 2. The van der Waals surface area contributed by atoms with Crippen LogP contribution in [0.15, 0.2) is 44.2 Å². The molecule has 0 bridgehead atoms. The van der Waals surface area contributed by atoms with Gasteiger partial charge in [-0.05, 0) is 73.8 Å². The third kappa shape index (κ3) is 5.64.